The summed E-state index contributed by atoms with van der Waals surface area (Å²) in [7, 11) is 0. The number of hydrogen-bond acceptors (Lipinski definition) is 3. The molecule has 0 saturated carbocycles. The standard InChI is InChI=1S/C56H113NO3/c1-3-5-7-9-11-13-15-17-19-20-21-22-23-24-25-26-27-28-29-30-31-32-33-34-35-36-38-40-42-44-46-48-50-52-56(60)57-54(53-58)55(59)51-49-47-45-43-41-39-37-18-16-14-12-10-8-6-4-2/h54-55,58-59H,3-53H2,1-2H3,(H,57,60)/t54-,55+/m0/s1. The van der Waals surface area contributed by atoms with Crippen LogP contribution in [0.5, 0.6) is 0 Å². The van der Waals surface area contributed by atoms with Gasteiger partial charge in [0.1, 0.15) is 0 Å². The lowest BCUT2D eigenvalue weighted by Crippen LogP contribution is -2.45. The highest BCUT2D eigenvalue weighted by atomic mass is 16.3. The van der Waals surface area contributed by atoms with Gasteiger partial charge >= 0.3 is 0 Å². The number of rotatable bonds is 53. The van der Waals surface area contributed by atoms with E-state index >= 15 is 0 Å². The first-order chi connectivity index (χ1) is 29.7. The highest BCUT2D eigenvalue weighted by molar-refractivity contribution is 5.76. The molecular formula is C56H113NO3. The summed E-state index contributed by atoms with van der Waals surface area (Å²) in [6.45, 7) is 4.40. The van der Waals surface area contributed by atoms with Gasteiger partial charge in [-0.25, -0.2) is 0 Å². The Hall–Kier alpha value is -0.610. The fraction of sp³-hybridized carbons (Fsp3) is 0.982. The summed E-state index contributed by atoms with van der Waals surface area (Å²) in [5, 5.41) is 23.3. The average molecular weight is 849 g/mol. The van der Waals surface area contributed by atoms with Crippen LogP contribution in [0.2, 0.25) is 0 Å². The molecule has 0 aromatic rings. The molecule has 0 radical (unpaired) electrons. The summed E-state index contributed by atoms with van der Waals surface area (Å²) in [6.07, 6.45) is 66.7. The second-order valence-electron chi connectivity index (χ2n) is 19.7. The highest BCUT2D eigenvalue weighted by Gasteiger charge is 2.20. The molecule has 0 aliphatic heterocycles. The molecule has 0 spiro atoms. The number of aliphatic hydroxyl groups is 2. The molecule has 4 heteroatoms. The van der Waals surface area contributed by atoms with Gasteiger partial charge in [-0.1, -0.05) is 316 Å². The van der Waals surface area contributed by atoms with Crippen molar-refractivity contribution in [2.45, 2.75) is 347 Å². The summed E-state index contributed by atoms with van der Waals surface area (Å²) in [4.78, 5) is 12.5. The van der Waals surface area contributed by atoms with Crippen molar-refractivity contribution in [2.75, 3.05) is 6.61 Å². The Morgan fingerprint density at radius 2 is 0.533 bits per heavy atom. The predicted molar refractivity (Wildman–Crippen MR) is 267 cm³/mol. The third-order valence-corrected chi connectivity index (χ3v) is 13.6. The quantitative estimate of drug-likeness (QED) is 0.0534. The molecule has 1 amide bonds. The van der Waals surface area contributed by atoms with Gasteiger partial charge in [0.15, 0.2) is 0 Å². The van der Waals surface area contributed by atoms with E-state index in [1.807, 2.05) is 0 Å². The van der Waals surface area contributed by atoms with Gasteiger partial charge < -0.3 is 15.5 Å². The van der Waals surface area contributed by atoms with Crippen molar-refractivity contribution in [3.8, 4) is 0 Å². The maximum Gasteiger partial charge on any atom is 0.220 e. The third-order valence-electron chi connectivity index (χ3n) is 13.6. The molecular weight excluding hydrogens is 735 g/mol. The Morgan fingerprint density at radius 3 is 0.750 bits per heavy atom. The van der Waals surface area contributed by atoms with E-state index < -0.39 is 12.1 Å². The smallest absolute Gasteiger partial charge is 0.220 e. The molecule has 0 saturated heterocycles. The van der Waals surface area contributed by atoms with Crippen molar-refractivity contribution < 1.29 is 15.0 Å². The van der Waals surface area contributed by atoms with Gasteiger partial charge in [0.2, 0.25) is 5.91 Å². The molecule has 2 atom stereocenters. The minimum absolute atomic E-state index is 0.0228. The van der Waals surface area contributed by atoms with E-state index in [-0.39, 0.29) is 12.5 Å². The number of amides is 1. The SMILES string of the molecule is CCCCCCCCCCCCCCCCCCCCCCCCCCCCCCCCCCCC(=O)N[C@@H](CO)[C@H](O)CCCCCCCCCCCCCCCCC. The summed E-state index contributed by atoms with van der Waals surface area (Å²) in [6, 6.07) is -0.530. The lowest BCUT2D eigenvalue weighted by molar-refractivity contribution is -0.123. The molecule has 4 nitrogen and oxygen atoms in total. The number of hydrogen-bond donors (Lipinski definition) is 3. The Labute approximate surface area is 378 Å². The van der Waals surface area contributed by atoms with Crippen molar-refractivity contribution in [2.24, 2.45) is 0 Å². The lowest BCUT2D eigenvalue weighted by atomic mass is 10.0. The Balaban J connectivity index is 3.35. The number of aliphatic hydroxyl groups excluding tert-OH is 2. The van der Waals surface area contributed by atoms with E-state index in [1.165, 1.54) is 283 Å². The zero-order chi connectivity index (χ0) is 43.5. The van der Waals surface area contributed by atoms with Crippen LogP contribution in [0.4, 0.5) is 0 Å². The fourth-order valence-electron chi connectivity index (χ4n) is 9.31. The summed E-state index contributed by atoms with van der Waals surface area (Å²) < 4.78 is 0. The molecule has 360 valence electrons. The second-order valence-corrected chi connectivity index (χ2v) is 19.7. The predicted octanol–water partition coefficient (Wildman–Crippen LogP) is 18.4. The Kier molecular flexibility index (Phi) is 52.2. The van der Waals surface area contributed by atoms with Crippen LogP contribution in [0.1, 0.15) is 335 Å². The number of nitrogens with one attached hydrogen (secondary N) is 1. The van der Waals surface area contributed by atoms with Gasteiger partial charge in [0, 0.05) is 6.42 Å². The van der Waals surface area contributed by atoms with E-state index in [9.17, 15) is 15.0 Å². The molecule has 0 aromatic heterocycles. The first-order valence-corrected chi connectivity index (χ1v) is 28.2. The summed E-state index contributed by atoms with van der Waals surface area (Å²) in [5.74, 6) is -0.0228. The number of unbranched alkanes of at least 4 members (excludes halogenated alkanes) is 46. The van der Waals surface area contributed by atoms with Crippen LogP contribution in [0, 0.1) is 0 Å². The van der Waals surface area contributed by atoms with E-state index in [0.29, 0.717) is 12.8 Å². The third kappa shape index (κ3) is 48.4. The summed E-state index contributed by atoms with van der Waals surface area (Å²) in [5.41, 5.74) is 0. The van der Waals surface area contributed by atoms with Crippen molar-refractivity contribution in [1.82, 2.24) is 5.32 Å². The van der Waals surface area contributed by atoms with Crippen molar-refractivity contribution in [3.05, 3.63) is 0 Å². The van der Waals surface area contributed by atoms with Crippen LogP contribution >= 0.6 is 0 Å². The van der Waals surface area contributed by atoms with Gasteiger partial charge in [-0.15, -0.1) is 0 Å². The highest BCUT2D eigenvalue weighted by Crippen LogP contribution is 2.18. The van der Waals surface area contributed by atoms with Gasteiger partial charge in [0.25, 0.3) is 0 Å². The number of carbonyl (C=O) groups is 1. The molecule has 0 aliphatic carbocycles. The zero-order valence-corrected chi connectivity index (χ0v) is 41.5. The van der Waals surface area contributed by atoms with E-state index in [2.05, 4.69) is 19.2 Å². The molecule has 0 fully saturated rings. The fourth-order valence-corrected chi connectivity index (χ4v) is 9.31. The molecule has 0 bridgehead atoms. The van der Waals surface area contributed by atoms with Gasteiger partial charge in [-0.05, 0) is 12.8 Å². The van der Waals surface area contributed by atoms with Gasteiger partial charge in [0.05, 0.1) is 18.8 Å². The molecule has 0 heterocycles. The monoisotopic (exact) mass is 848 g/mol. The first kappa shape index (κ1) is 59.4. The van der Waals surface area contributed by atoms with E-state index in [4.69, 9.17) is 0 Å². The molecule has 0 aromatic carbocycles. The number of carbonyl (C=O) groups excluding carboxylic acids is 1. The molecule has 0 aliphatic rings. The molecule has 0 unspecified atom stereocenters. The van der Waals surface area contributed by atoms with Crippen LogP contribution in [0.25, 0.3) is 0 Å². The van der Waals surface area contributed by atoms with Crippen molar-refractivity contribution in [3.63, 3.8) is 0 Å². The lowest BCUT2D eigenvalue weighted by Gasteiger charge is -2.22. The summed E-state index contributed by atoms with van der Waals surface area (Å²) >= 11 is 0. The minimum Gasteiger partial charge on any atom is -0.394 e. The minimum atomic E-state index is -0.654. The molecule has 0 rings (SSSR count). The van der Waals surface area contributed by atoms with Crippen LogP contribution in [-0.4, -0.2) is 34.9 Å². The normalized spacial score (nSPS) is 12.7. The maximum atomic E-state index is 12.5. The van der Waals surface area contributed by atoms with Crippen LogP contribution < -0.4 is 5.32 Å². The maximum absolute atomic E-state index is 12.5. The van der Waals surface area contributed by atoms with Gasteiger partial charge in [-0.3, -0.25) is 4.79 Å². The van der Waals surface area contributed by atoms with E-state index in [1.54, 1.807) is 0 Å². The first-order valence-electron chi connectivity index (χ1n) is 28.2. The van der Waals surface area contributed by atoms with Crippen LogP contribution in [-0.2, 0) is 4.79 Å². The van der Waals surface area contributed by atoms with Crippen molar-refractivity contribution >= 4 is 5.91 Å². The Morgan fingerprint density at radius 1 is 0.333 bits per heavy atom. The average Bonchev–Trinajstić information content (AvgIpc) is 3.25. The van der Waals surface area contributed by atoms with Crippen LogP contribution in [0.3, 0.4) is 0 Å². The van der Waals surface area contributed by atoms with Crippen molar-refractivity contribution in [1.29, 1.82) is 0 Å². The Bertz CT molecular complexity index is 788. The molecule has 3 N–H and O–H groups in total. The topological polar surface area (TPSA) is 69.6 Å². The largest absolute Gasteiger partial charge is 0.394 e. The second kappa shape index (κ2) is 52.7. The van der Waals surface area contributed by atoms with E-state index in [0.717, 1.165) is 25.7 Å². The molecule has 60 heavy (non-hydrogen) atoms. The van der Waals surface area contributed by atoms with Gasteiger partial charge in [-0.2, -0.15) is 0 Å². The van der Waals surface area contributed by atoms with Crippen LogP contribution in [0.15, 0.2) is 0 Å². The zero-order valence-electron chi connectivity index (χ0n) is 41.5.